The Morgan fingerprint density at radius 1 is 1.30 bits per heavy atom. The molecule has 1 rings (SSSR count). The molecule has 1 heterocycles. The maximum Gasteiger partial charge on any atom is 0.00900 e. The summed E-state index contributed by atoms with van der Waals surface area (Å²) in [6, 6.07) is 0.804. The molecule has 1 aliphatic heterocycles. The van der Waals surface area contributed by atoms with E-state index in [2.05, 4.69) is 19.2 Å². The monoisotopic (exact) mass is 207 g/mol. The minimum Gasteiger partial charge on any atom is -0.314 e. The Labute approximate surface area is 74.4 Å². The second kappa shape index (κ2) is 5.14. The predicted octanol–water partition coefficient (Wildman–Crippen LogP) is 2.36. The van der Waals surface area contributed by atoms with Gasteiger partial charge in [0.15, 0.2) is 0 Å². The SMILES string of the molecule is Br.CC(C)C1CCCCN1. The predicted molar refractivity (Wildman–Crippen MR) is 50.8 cm³/mol. The zero-order valence-corrected chi connectivity index (χ0v) is 8.60. The second-order valence-corrected chi connectivity index (χ2v) is 3.30. The molecule has 62 valence electrons. The Balaban J connectivity index is 0.000000810. The number of hydrogen-bond donors (Lipinski definition) is 1. The third kappa shape index (κ3) is 3.02. The van der Waals surface area contributed by atoms with Crippen molar-refractivity contribution in [3.8, 4) is 0 Å². The van der Waals surface area contributed by atoms with E-state index < -0.39 is 0 Å². The van der Waals surface area contributed by atoms with Crippen LogP contribution in [0.4, 0.5) is 0 Å². The van der Waals surface area contributed by atoms with Crippen molar-refractivity contribution in [2.24, 2.45) is 5.92 Å². The van der Waals surface area contributed by atoms with E-state index in [4.69, 9.17) is 0 Å². The summed E-state index contributed by atoms with van der Waals surface area (Å²) in [6.07, 6.45) is 4.19. The molecule has 0 amide bonds. The lowest BCUT2D eigenvalue weighted by Gasteiger charge is -2.26. The minimum atomic E-state index is 0. The highest BCUT2D eigenvalue weighted by Crippen LogP contribution is 2.13. The van der Waals surface area contributed by atoms with Gasteiger partial charge in [-0.2, -0.15) is 0 Å². The van der Waals surface area contributed by atoms with Crippen molar-refractivity contribution in [1.29, 1.82) is 0 Å². The summed E-state index contributed by atoms with van der Waals surface area (Å²) in [5, 5.41) is 3.52. The quantitative estimate of drug-likeness (QED) is 0.697. The van der Waals surface area contributed by atoms with E-state index >= 15 is 0 Å². The van der Waals surface area contributed by atoms with Gasteiger partial charge in [-0.1, -0.05) is 20.3 Å². The topological polar surface area (TPSA) is 12.0 Å². The fourth-order valence-electron chi connectivity index (χ4n) is 1.45. The van der Waals surface area contributed by atoms with Crippen molar-refractivity contribution in [2.45, 2.75) is 39.2 Å². The smallest absolute Gasteiger partial charge is 0.00900 e. The van der Waals surface area contributed by atoms with Gasteiger partial charge in [0.1, 0.15) is 0 Å². The summed E-state index contributed by atoms with van der Waals surface area (Å²) in [4.78, 5) is 0. The summed E-state index contributed by atoms with van der Waals surface area (Å²) in [5.41, 5.74) is 0. The molecule has 0 saturated carbocycles. The molecule has 1 atom stereocenters. The fourth-order valence-corrected chi connectivity index (χ4v) is 1.45. The maximum atomic E-state index is 3.52. The highest BCUT2D eigenvalue weighted by Gasteiger charge is 2.14. The Morgan fingerprint density at radius 2 is 2.00 bits per heavy atom. The summed E-state index contributed by atoms with van der Waals surface area (Å²) in [7, 11) is 0. The van der Waals surface area contributed by atoms with Crippen molar-refractivity contribution in [1.82, 2.24) is 5.32 Å². The number of piperidine rings is 1. The van der Waals surface area contributed by atoms with Crippen LogP contribution in [0.1, 0.15) is 33.1 Å². The van der Waals surface area contributed by atoms with Gasteiger partial charge in [-0.15, -0.1) is 17.0 Å². The van der Waals surface area contributed by atoms with Gasteiger partial charge >= 0.3 is 0 Å². The lowest BCUT2D eigenvalue weighted by Crippen LogP contribution is -2.37. The van der Waals surface area contributed by atoms with E-state index in [1.165, 1.54) is 25.8 Å². The first-order valence-electron chi connectivity index (χ1n) is 4.04. The first-order chi connectivity index (χ1) is 4.30. The first-order valence-corrected chi connectivity index (χ1v) is 4.04. The van der Waals surface area contributed by atoms with Crippen LogP contribution in [0.5, 0.6) is 0 Å². The molecule has 1 unspecified atom stereocenters. The average Bonchev–Trinajstić information content (AvgIpc) is 1.90. The van der Waals surface area contributed by atoms with Crippen LogP contribution in [0.15, 0.2) is 0 Å². The summed E-state index contributed by atoms with van der Waals surface area (Å²) >= 11 is 0. The van der Waals surface area contributed by atoms with Crippen LogP contribution in [0.3, 0.4) is 0 Å². The summed E-state index contributed by atoms with van der Waals surface area (Å²) in [5.74, 6) is 0.824. The second-order valence-electron chi connectivity index (χ2n) is 3.30. The maximum absolute atomic E-state index is 3.52. The Kier molecular flexibility index (Phi) is 5.36. The van der Waals surface area contributed by atoms with Crippen LogP contribution in [-0.2, 0) is 0 Å². The van der Waals surface area contributed by atoms with Crippen LogP contribution in [0.2, 0.25) is 0 Å². The van der Waals surface area contributed by atoms with E-state index in [0.717, 1.165) is 12.0 Å². The molecule has 1 saturated heterocycles. The van der Waals surface area contributed by atoms with Crippen LogP contribution >= 0.6 is 17.0 Å². The van der Waals surface area contributed by atoms with E-state index in [-0.39, 0.29) is 17.0 Å². The van der Waals surface area contributed by atoms with Gasteiger partial charge in [0.05, 0.1) is 0 Å². The number of halogens is 1. The summed E-state index contributed by atoms with van der Waals surface area (Å²) < 4.78 is 0. The third-order valence-corrected chi connectivity index (χ3v) is 2.15. The van der Waals surface area contributed by atoms with Crippen molar-refractivity contribution in [2.75, 3.05) is 6.54 Å². The van der Waals surface area contributed by atoms with Crippen molar-refractivity contribution >= 4 is 17.0 Å². The van der Waals surface area contributed by atoms with Gasteiger partial charge < -0.3 is 5.32 Å². The highest BCUT2D eigenvalue weighted by molar-refractivity contribution is 8.93. The van der Waals surface area contributed by atoms with E-state index in [9.17, 15) is 0 Å². The number of rotatable bonds is 1. The fraction of sp³-hybridized carbons (Fsp3) is 1.00. The lowest BCUT2D eigenvalue weighted by molar-refractivity contribution is 0.326. The van der Waals surface area contributed by atoms with E-state index in [1.54, 1.807) is 0 Å². The van der Waals surface area contributed by atoms with Crippen LogP contribution < -0.4 is 5.32 Å². The minimum absolute atomic E-state index is 0. The van der Waals surface area contributed by atoms with Crippen LogP contribution in [0, 0.1) is 5.92 Å². The van der Waals surface area contributed by atoms with Gasteiger partial charge in [-0.25, -0.2) is 0 Å². The Morgan fingerprint density at radius 3 is 2.30 bits per heavy atom. The molecule has 0 radical (unpaired) electrons. The van der Waals surface area contributed by atoms with Gasteiger partial charge in [-0.3, -0.25) is 0 Å². The van der Waals surface area contributed by atoms with Crippen molar-refractivity contribution < 1.29 is 0 Å². The molecule has 0 aromatic rings. The molecular formula is C8H18BrN. The molecule has 0 aromatic heterocycles. The molecule has 0 aromatic carbocycles. The molecule has 1 fully saturated rings. The molecule has 0 bridgehead atoms. The lowest BCUT2D eigenvalue weighted by atomic mass is 9.95. The molecule has 1 nitrogen and oxygen atoms in total. The molecule has 1 N–H and O–H groups in total. The number of hydrogen-bond acceptors (Lipinski definition) is 1. The third-order valence-electron chi connectivity index (χ3n) is 2.15. The molecule has 2 heteroatoms. The normalized spacial score (nSPS) is 26.1. The average molecular weight is 208 g/mol. The molecule has 10 heavy (non-hydrogen) atoms. The number of nitrogens with one attached hydrogen (secondary N) is 1. The van der Waals surface area contributed by atoms with Crippen molar-refractivity contribution in [3.63, 3.8) is 0 Å². The van der Waals surface area contributed by atoms with Gasteiger partial charge in [0.2, 0.25) is 0 Å². The molecular weight excluding hydrogens is 190 g/mol. The van der Waals surface area contributed by atoms with Crippen molar-refractivity contribution in [3.05, 3.63) is 0 Å². The van der Waals surface area contributed by atoms with Crippen LogP contribution in [-0.4, -0.2) is 12.6 Å². The molecule has 0 aliphatic carbocycles. The summed E-state index contributed by atoms with van der Waals surface area (Å²) in [6.45, 7) is 5.83. The zero-order valence-electron chi connectivity index (χ0n) is 6.89. The standard InChI is InChI=1S/C8H17N.BrH/c1-7(2)8-5-3-4-6-9-8;/h7-9H,3-6H2,1-2H3;1H. The largest absolute Gasteiger partial charge is 0.314 e. The Bertz CT molecular complexity index is 77.3. The molecule has 0 spiro atoms. The molecule has 1 aliphatic rings. The van der Waals surface area contributed by atoms with Gasteiger partial charge in [0, 0.05) is 6.04 Å². The van der Waals surface area contributed by atoms with E-state index in [1.807, 2.05) is 0 Å². The van der Waals surface area contributed by atoms with E-state index in [0.29, 0.717) is 0 Å². The van der Waals surface area contributed by atoms with Crippen LogP contribution in [0.25, 0.3) is 0 Å². The highest BCUT2D eigenvalue weighted by atomic mass is 79.9. The van der Waals surface area contributed by atoms with Gasteiger partial charge in [-0.05, 0) is 25.3 Å². The first kappa shape index (κ1) is 10.4. The zero-order chi connectivity index (χ0) is 6.69. The Hall–Kier alpha value is 0.440. The van der Waals surface area contributed by atoms with Gasteiger partial charge in [0.25, 0.3) is 0 Å².